The molecule has 0 unspecified atom stereocenters. The van der Waals surface area contributed by atoms with Crippen LogP contribution in [-0.2, 0) is 11.2 Å². The first-order valence-corrected chi connectivity index (χ1v) is 4.56. The van der Waals surface area contributed by atoms with E-state index in [9.17, 15) is 9.90 Å². The van der Waals surface area contributed by atoms with Gasteiger partial charge in [-0.1, -0.05) is 30.3 Å². The van der Waals surface area contributed by atoms with Gasteiger partial charge in [0.15, 0.2) is 0 Å². The van der Waals surface area contributed by atoms with Gasteiger partial charge in [0.05, 0.1) is 12.0 Å². The summed E-state index contributed by atoms with van der Waals surface area (Å²) in [4.78, 5) is 10.8. The van der Waals surface area contributed by atoms with Gasteiger partial charge < -0.3 is 10.2 Å². The van der Waals surface area contributed by atoms with Crippen LogP contribution in [0.5, 0.6) is 0 Å². The largest absolute Gasteiger partial charge is 0.481 e. The second kappa shape index (κ2) is 4.77. The van der Waals surface area contributed by atoms with Gasteiger partial charge in [0.25, 0.3) is 0 Å². The maximum Gasteiger partial charge on any atom is 0.309 e. The van der Waals surface area contributed by atoms with E-state index < -0.39 is 18.0 Å². The molecule has 2 atom stereocenters. The first kappa shape index (κ1) is 10.7. The highest BCUT2D eigenvalue weighted by Crippen LogP contribution is 2.12. The SMILES string of the molecule is C[C@@H](O)[C@@H](Cc1ccccc1)C(=O)O. The van der Waals surface area contributed by atoms with Crippen LogP contribution >= 0.6 is 0 Å². The van der Waals surface area contributed by atoms with Crippen LogP contribution in [0.3, 0.4) is 0 Å². The van der Waals surface area contributed by atoms with Crippen molar-refractivity contribution in [3.05, 3.63) is 35.9 Å². The normalized spacial score (nSPS) is 14.7. The molecule has 0 radical (unpaired) electrons. The highest BCUT2D eigenvalue weighted by atomic mass is 16.4. The van der Waals surface area contributed by atoms with Gasteiger partial charge in [0.1, 0.15) is 0 Å². The molecule has 0 spiro atoms. The molecule has 3 nitrogen and oxygen atoms in total. The van der Waals surface area contributed by atoms with E-state index >= 15 is 0 Å². The van der Waals surface area contributed by atoms with Crippen LogP contribution in [0.1, 0.15) is 12.5 Å². The minimum Gasteiger partial charge on any atom is -0.481 e. The van der Waals surface area contributed by atoms with Gasteiger partial charge in [-0.2, -0.15) is 0 Å². The molecule has 0 aliphatic rings. The summed E-state index contributed by atoms with van der Waals surface area (Å²) in [6.07, 6.45) is -0.457. The van der Waals surface area contributed by atoms with E-state index in [1.165, 1.54) is 6.92 Å². The molecule has 0 aliphatic heterocycles. The molecule has 0 saturated heterocycles. The molecule has 1 aromatic carbocycles. The summed E-state index contributed by atoms with van der Waals surface area (Å²) in [6, 6.07) is 9.31. The van der Waals surface area contributed by atoms with Crippen molar-refractivity contribution in [1.82, 2.24) is 0 Å². The average molecular weight is 194 g/mol. The standard InChI is InChI=1S/C11H14O3/c1-8(12)10(11(13)14)7-9-5-3-2-4-6-9/h2-6,8,10,12H,7H2,1H3,(H,13,14)/t8-,10-/m1/s1. The van der Waals surface area contributed by atoms with E-state index in [0.717, 1.165) is 5.56 Å². The van der Waals surface area contributed by atoms with E-state index in [4.69, 9.17) is 5.11 Å². The molecule has 0 aliphatic carbocycles. The lowest BCUT2D eigenvalue weighted by Crippen LogP contribution is -2.27. The number of rotatable bonds is 4. The van der Waals surface area contributed by atoms with Gasteiger partial charge in [0, 0.05) is 0 Å². The lowest BCUT2D eigenvalue weighted by Gasteiger charge is -2.14. The second-order valence-corrected chi connectivity index (χ2v) is 3.38. The van der Waals surface area contributed by atoms with Crippen LogP contribution in [-0.4, -0.2) is 22.3 Å². The molecule has 2 N–H and O–H groups in total. The van der Waals surface area contributed by atoms with Gasteiger partial charge in [-0.05, 0) is 18.9 Å². The number of aliphatic hydroxyl groups excluding tert-OH is 1. The molecule has 0 bridgehead atoms. The highest BCUT2D eigenvalue weighted by molar-refractivity contribution is 5.71. The van der Waals surface area contributed by atoms with E-state index in [1.807, 2.05) is 30.3 Å². The fourth-order valence-electron chi connectivity index (χ4n) is 1.33. The third kappa shape index (κ3) is 2.85. The molecule has 1 aromatic rings. The van der Waals surface area contributed by atoms with Crippen molar-refractivity contribution in [2.75, 3.05) is 0 Å². The van der Waals surface area contributed by atoms with Crippen molar-refractivity contribution in [2.24, 2.45) is 5.92 Å². The number of carboxylic acid groups (broad SMARTS) is 1. The maximum absolute atomic E-state index is 10.8. The molecule has 0 aromatic heterocycles. The monoisotopic (exact) mass is 194 g/mol. The van der Waals surface area contributed by atoms with Crippen molar-refractivity contribution in [2.45, 2.75) is 19.4 Å². The van der Waals surface area contributed by atoms with E-state index in [-0.39, 0.29) is 0 Å². The van der Waals surface area contributed by atoms with Crippen LogP contribution in [0.4, 0.5) is 0 Å². The predicted molar refractivity (Wildman–Crippen MR) is 53.0 cm³/mol. The Bertz CT molecular complexity index is 293. The molecular formula is C11H14O3. The summed E-state index contributed by atoms with van der Waals surface area (Å²) in [6.45, 7) is 1.50. The quantitative estimate of drug-likeness (QED) is 0.759. The first-order chi connectivity index (χ1) is 6.61. The lowest BCUT2D eigenvalue weighted by molar-refractivity contribution is -0.145. The second-order valence-electron chi connectivity index (χ2n) is 3.38. The number of aliphatic hydroxyl groups is 1. The molecule has 0 fully saturated rings. The molecule has 76 valence electrons. The Balaban J connectivity index is 2.70. The van der Waals surface area contributed by atoms with Gasteiger partial charge in [-0.25, -0.2) is 0 Å². The Labute approximate surface area is 83.0 Å². The van der Waals surface area contributed by atoms with Crippen LogP contribution < -0.4 is 0 Å². The highest BCUT2D eigenvalue weighted by Gasteiger charge is 2.22. The third-order valence-electron chi connectivity index (χ3n) is 2.20. The summed E-state index contributed by atoms with van der Waals surface area (Å²) in [5, 5.41) is 18.1. The fourth-order valence-corrected chi connectivity index (χ4v) is 1.33. The maximum atomic E-state index is 10.8. The van der Waals surface area contributed by atoms with Gasteiger partial charge >= 0.3 is 5.97 Å². The first-order valence-electron chi connectivity index (χ1n) is 4.56. The van der Waals surface area contributed by atoms with Crippen LogP contribution in [0.15, 0.2) is 30.3 Å². The Morgan fingerprint density at radius 1 is 1.36 bits per heavy atom. The van der Waals surface area contributed by atoms with Crippen molar-refractivity contribution in [1.29, 1.82) is 0 Å². The lowest BCUT2D eigenvalue weighted by atomic mass is 9.95. The van der Waals surface area contributed by atoms with Crippen molar-refractivity contribution in [3.8, 4) is 0 Å². The van der Waals surface area contributed by atoms with E-state index in [2.05, 4.69) is 0 Å². The van der Waals surface area contributed by atoms with E-state index in [1.54, 1.807) is 0 Å². The average Bonchev–Trinajstić information content (AvgIpc) is 2.15. The number of aliphatic carboxylic acids is 1. The van der Waals surface area contributed by atoms with Crippen molar-refractivity contribution in [3.63, 3.8) is 0 Å². The zero-order valence-corrected chi connectivity index (χ0v) is 8.05. The topological polar surface area (TPSA) is 57.5 Å². The Hall–Kier alpha value is -1.35. The van der Waals surface area contributed by atoms with Crippen LogP contribution in [0.25, 0.3) is 0 Å². The minimum atomic E-state index is -0.955. The van der Waals surface area contributed by atoms with Gasteiger partial charge in [0.2, 0.25) is 0 Å². The number of hydrogen-bond acceptors (Lipinski definition) is 2. The van der Waals surface area contributed by atoms with Gasteiger partial charge in [-0.15, -0.1) is 0 Å². The zero-order valence-electron chi connectivity index (χ0n) is 8.05. The zero-order chi connectivity index (χ0) is 10.6. The Kier molecular flexibility index (Phi) is 3.65. The number of hydrogen-bond donors (Lipinski definition) is 2. The Morgan fingerprint density at radius 2 is 1.93 bits per heavy atom. The van der Waals surface area contributed by atoms with Crippen molar-refractivity contribution >= 4 is 5.97 Å². The summed E-state index contributed by atoms with van der Waals surface area (Å²) in [7, 11) is 0. The Morgan fingerprint density at radius 3 is 2.36 bits per heavy atom. The molecule has 0 saturated carbocycles. The van der Waals surface area contributed by atoms with Gasteiger partial charge in [-0.3, -0.25) is 4.79 Å². The third-order valence-corrected chi connectivity index (χ3v) is 2.20. The van der Waals surface area contributed by atoms with Crippen LogP contribution in [0, 0.1) is 5.92 Å². The predicted octanol–water partition coefficient (Wildman–Crippen LogP) is 1.31. The van der Waals surface area contributed by atoms with Crippen LogP contribution in [0.2, 0.25) is 0 Å². The number of carbonyl (C=O) groups is 1. The molecule has 14 heavy (non-hydrogen) atoms. The smallest absolute Gasteiger partial charge is 0.309 e. The van der Waals surface area contributed by atoms with E-state index in [0.29, 0.717) is 6.42 Å². The molecular weight excluding hydrogens is 180 g/mol. The summed E-state index contributed by atoms with van der Waals surface area (Å²) in [5.41, 5.74) is 0.931. The molecule has 1 rings (SSSR count). The molecule has 0 amide bonds. The minimum absolute atomic E-state index is 0.369. The van der Waals surface area contributed by atoms with Crippen molar-refractivity contribution < 1.29 is 15.0 Å². The molecule has 0 heterocycles. The fraction of sp³-hybridized carbons (Fsp3) is 0.364. The summed E-state index contributed by atoms with van der Waals surface area (Å²) < 4.78 is 0. The molecule has 3 heteroatoms. The number of benzene rings is 1. The number of carboxylic acids is 1. The summed E-state index contributed by atoms with van der Waals surface area (Å²) >= 11 is 0. The summed E-state index contributed by atoms with van der Waals surface area (Å²) in [5.74, 6) is -1.68.